The van der Waals surface area contributed by atoms with Gasteiger partial charge < -0.3 is 9.64 Å². The van der Waals surface area contributed by atoms with Gasteiger partial charge in [0.15, 0.2) is 0 Å². The van der Waals surface area contributed by atoms with Gasteiger partial charge in [0.25, 0.3) is 0 Å². The number of carbonyl (C=O) groups excluding carboxylic acids is 1. The molecule has 2 saturated carbocycles. The summed E-state index contributed by atoms with van der Waals surface area (Å²) in [7, 11) is 0. The van der Waals surface area contributed by atoms with E-state index >= 15 is 0 Å². The molecule has 2 bridgehead atoms. The molecule has 3 nitrogen and oxygen atoms in total. The maximum atomic E-state index is 12.1. The topological polar surface area (TPSA) is 29.5 Å². The molecule has 1 aliphatic heterocycles. The summed E-state index contributed by atoms with van der Waals surface area (Å²) in [4.78, 5) is 14.1. The minimum Gasteiger partial charge on any atom is -0.378 e. The molecule has 3 aliphatic rings. The standard InChI is InChI=1S/C13H21NO2/c15-13(14-3-5-16-6-4-14)9-12-8-10-1-2-11(12)7-10/h10-12H,1-9H2. The Bertz CT molecular complexity index is 273. The van der Waals surface area contributed by atoms with Crippen LogP contribution in [-0.2, 0) is 9.53 Å². The van der Waals surface area contributed by atoms with Crippen LogP contribution in [0, 0.1) is 17.8 Å². The Morgan fingerprint density at radius 1 is 1.19 bits per heavy atom. The normalized spacial score (nSPS) is 38.0. The zero-order valence-corrected chi connectivity index (χ0v) is 9.86. The average Bonchev–Trinajstić information content (AvgIpc) is 2.92. The molecule has 1 saturated heterocycles. The molecule has 0 aromatic heterocycles. The number of morpholine rings is 1. The Morgan fingerprint density at radius 2 is 2.00 bits per heavy atom. The highest BCUT2D eigenvalue weighted by molar-refractivity contribution is 5.76. The minimum atomic E-state index is 0.376. The maximum absolute atomic E-state index is 12.1. The van der Waals surface area contributed by atoms with Crippen molar-refractivity contribution in [3.8, 4) is 0 Å². The first-order valence-electron chi connectivity index (χ1n) is 6.68. The van der Waals surface area contributed by atoms with Crippen molar-refractivity contribution in [2.45, 2.75) is 32.1 Å². The summed E-state index contributed by atoms with van der Waals surface area (Å²) in [5, 5.41) is 0. The number of ether oxygens (including phenoxy) is 1. The van der Waals surface area contributed by atoms with Crippen molar-refractivity contribution in [2.75, 3.05) is 26.3 Å². The lowest BCUT2D eigenvalue weighted by molar-refractivity contribution is -0.136. The van der Waals surface area contributed by atoms with Gasteiger partial charge in [-0.25, -0.2) is 0 Å². The van der Waals surface area contributed by atoms with Gasteiger partial charge in [-0.2, -0.15) is 0 Å². The predicted molar refractivity (Wildman–Crippen MR) is 61.0 cm³/mol. The Kier molecular flexibility index (Phi) is 2.88. The van der Waals surface area contributed by atoms with Crippen molar-refractivity contribution in [1.82, 2.24) is 4.90 Å². The van der Waals surface area contributed by atoms with Crippen molar-refractivity contribution >= 4 is 5.91 Å². The van der Waals surface area contributed by atoms with Gasteiger partial charge in [-0.15, -0.1) is 0 Å². The molecule has 0 radical (unpaired) electrons. The van der Waals surface area contributed by atoms with Gasteiger partial charge in [-0.05, 0) is 37.0 Å². The van der Waals surface area contributed by atoms with Crippen LogP contribution in [0.1, 0.15) is 32.1 Å². The number of hydrogen-bond donors (Lipinski definition) is 0. The first-order valence-corrected chi connectivity index (χ1v) is 6.68. The van der Waals surface area contributed by atoms with E-state index in [4.69, 9.17) is 4.74 Å². The van der Waals surface area contributed by atoms with E-state index in [2.05, 4.69) is 0 Å². The maximum Gasteiger partial charge on any atom is 0.223 e. The smallest absolute Gasteiger partial charge is 0.223 e. The van der Waals surface area contributed by atoms with Gasteiger partial charge in [0.2, 0.25) is 5.91 Å². The lowest BCUT2D eigenvalue weighted by Crippen LogP contribution is -2.41. The second kappa shape index (κ2) is 4.36. The van der Waals surface area contributed by atoms with Crippen molar-refractivity contribution in [2.24, 2.45) is 17.8 Å². The van der Waals surface area contributed by atoms with Crippen LogP contribution >= 0.6 is 0 Å². The van der Waals surface area contributed by atoms with E-state index in [1.807, 2.05) is 4.90 Å². The van der Waals surface area contributed by atoms with Crippen LogP contribution in [0.25, 0.3) is 0 Å². The van der Waals surface area contributed by atoms with Gasteiger partial charge in [0, 0.05) is 19.5 Å². The molecule has 0 N–H and O–H groups in total. The van der Waals surface area contributed by atoms with Crippen molar-refractivity contribution in [1.29, 1.82) is 0 Å². The fourth-order valence-corrected chi connectivity index (χ4v) is 3.79. The van der Waals surface area contributed by atoms with Gasteiger partial charge in [0.05, 0.1) is 13.2 Å². The van der Waals surface area contributed by atoms with Crippen LogP contribution in [0.3, 0.4) is 0 Å². The zero-order valence-electron chi connectivity index (χ0n) is 9.86. The number of fused-ring (bicyclic) bond motifs is 2. The molecule has 0 aromatic rings. The molecule has 3 unspecified atom stereocenters. The molecule has 3 rings (SSSR count). The predicted octanol–water partition coefficient (Wildman–Crippen LogP) is 1.67. The molecule has 3 heteroatoms. The molecular weight excluding hydrogens is 202 g/mol. The number of amides is 1. The van der Waals surface area contributed by atoms with Crippen LogP contribution in [0.5, 0.6) is 0 Å². The summed E-state index contributed by atoms with van der Waals surface area (Å²) >= 11 is 0. The molecule has 1 heterocycles. The van der Waals surface area contributed by atoms with Gasteiger partial charge in [-0.1, -0.05) is 6.42 Å². The van der Waals surface area contributed by atoms with E-state index in [-0.39, 0.29) is 0 Å². The van der Waals surface area contributed by atoms with E-state index in [0.717, 1.165) is 44.6 Å². The summed E-state index contributed by atoms with van der Waals surface area (Å²) in [6.07, 6.45) is 6.33. The van der Waals surface area contributed by atoms with Crippen molar-refractivity contribution in [3.05, 3.63) is 0 Å². The third-order valence-electron chi connectivity index (χ3n) is 4.69. The fourth-order valence-electron chi connectivity index (χ4n) is 3.79. The Hall–Kier alpha value is -0.570. The third kappa shape index (κ3) is 1.97. The van der Waals surface area contributed by atoms with Crippen LogP contribution in [0.15, 0.2) is 0 Å². The highest BCUT2D eigenvalue weighted by atomic mass is 16.5. The van der Waals surface area contributed by atoms with Gasteiger partial charge >= 0.3 is 0 Å². The van der Waals surface area contributed by atoms with E-state index < -0.39 is 0 Å². The monoisotopic (exact) mass is 223 g/mol. The van der Waals surface area contributed by atoms with Crippen LogP contribution < -0.4 is 0 Å². The van der Waals surface area contributed by atoms with Crippen LogP contribution in [-0.4, -0.2) is 37.1 Å². The first kappa shape index (κ1) is 10.6. The van der Waals surface area contributed by atoms with Crippen molar-refractivity contribution < 1.29 is 9.53 Å². The summed E-state index contributed by atoms with van der Waals surface area (Å²) in [5.41, 5.74) is 0. The number of hydrogen-bond acceptors (Lipinski definition) is 2. The summed E-state index contributed by atoms with van der Waals surface area (Å²) in [6, 6.07) is 0. The van der Waals surface area contributed by atoms with E-state index in [9.17, 15) is 4.79 Å². The van der Waals surface area contributed by atoms with E-state index in [1.165, 1.54) is 25.7 Å². The lowest BCUT2D eigenvalue weighted by Gasteiger charge is -2.29. The van der Waals surface area contributed by atoms with Crippen LogP contribution in [0.2, 0.25) is 0 Å². The molecule has 0 aromatic carbocycles. The summed E-state index contributed by atoms with van der Waals surface area (Å²) < 4.78 is 5.28. The van der Waals surface area contributed by atoms with E-state index in [0.29, 0.717) is 11.8 Å². The number of nitrogens with zero attached hydrogens (tertiary/aromatic N) is 1. The number of carbonyl (C=O) groups is 1. The third-order valence-corrected chi connectivity index (χ3v) is 4.69. The highest BCUT2D eigenvalue weighted by Crippen LogP contribution is 2.49. The van der Waals surface area contributed by atoms with Gasteiger partial charge in [-0.3, -0.25) is 4.79 Å². The highest BCUT2D eigenvalue weighted by Gasteiger charge is 2.40. The fraction of sp³-hybridized carbons (Fsp3) is 0.923. The average molecular weight is 223 g/mol. The second-order valence-corrected chi connectivity index (χ2v) is 5.63. The van der Waals surface area contributed by atoms with E-state index in [1.54, 1.807) is 0 Å². The molecule has 90 valence electrons. The summed E-state index contributed by atoms with van der Waals surface area (Å²) in [6.45, 7) is 3.06. The van der Waals surface area contributed by atoms with Crippen molar-refractivity contribution in [3.63, 3.8) is 0 Å². The largest absolute Gasteiger partial charge is 0.378 e. The second-order valence-electron chi connectivity index (χ2n) is 5.63. The summed E-state index contributed by atoms with van der Waals surface area (Å²) in [5.74, 6) is 2.90. The quantitative estimate of drug-likeness (QED) is 0.712. The first-order chi connectivity index (χ1) is 7.83. The molecule has 3 fully saturated rings. The Labute approximate surface area is 97.1 Å². The Balaban J connectivity index is 1.52. The molecule has 2 aliphatic carbocycles. The minimum absolute atomic E-state index is 0.376. The lowest BCUT2D eigenvalue weighted by atomic mass is 9.86. The Morgan fingerprint density at radius 3 is 2.62 bits per heavy atom. The van der Waals surface area contributed by atoms with Crippen LogP contribution in [0.4, 0.5) is 0 Å². The molecular formula is C13H21NO2. The molecule has 3 atom stereocenters. The molecule has 0 spiro atoms. The number of rotatable bonds is 2. The zero-order chi connectivity index (χ0) is 11.0. The molecule has 1 amide bonds. The SMILES string of the molecule is O=C(CC1CC2CCC1C2)N1CCOCC1. The van der Waals surface area contributed by atoms with Gasteiger partial charge in [0.1, 0.15) is 0 Å². The molecule has 16 heavy (non-hydrogen) atoms.